The molecule has 5 nitrogen and oxygen atoms in total. The maximum absolute atomic E-state index is 12.2. The van der Waals surface area contributed by atoms with Crippen LogP contribution < -0.4 is 5.32 Å². The van der Waals surface area contributed by atoms with E-state index in [0.717, 1.165) is 6.42 Å². The number of carbonyl (C=O) groups is 1. The first-order valence-corrected chi connectivity index (χ1v) is 9.47. The summed E-state index contributed by atoms with van der Waals surface area (Å²) < 4.78 is 17.7. The average molecular weight is 346 g/mol. The molecule has 1 saturated heterocycles. The van der Waals surface area contributed by atoms with Crippen LogP contribution in [0.15, 0.2) is 0 Å². The van der Waals surface area contributed by atoms with E-state index in [-0.39, 0.29) is 23.0 Å². The Hall–Kier alpha value is -0.460. The van der Waals surface area contributed by atoms with Crippen LogP contribution in [0.2, 0.25) is 0 Å². The first kappa shape index (κ1) is 18.9. The number of ether oxygens (including phenoxy) is 3. The SMILES string of the molecule is CSC(C)(C)C1CC(NC(=O)OC(C)(C)C)C2OC(C)(C)OC21. The molecule has 4 atom stereocenters. The Morgan fingerprint density at radius 3 is 2.26 bits per heavy atom. The van der Waals surface area contributed by atoms with Crippen molar-refractivity contribution in [2.75, 3.05) is 6.26 Å². The number of thioether (sulfide) groups is 1. The molecular weight excluding hydrogens is 314 g/mol. The Balaban J connectivity index is 2.13. The van der Waals surface area contributed by atoms with E-state index < -0.39 is 17.5 Å². The molecule has 0 spiro atoms. The molecule has 4 unspecified atom stereocenters. The average Bonchev–Trinajstić information content (AvgIpc) is 2.82. The minimum Gasteiger partial charge on any atom is -0.444 e. The summed E-state index contributed by atoms with van der Waals surface area (Å²) in [5.74, 6) is -0.305. The lowest BCUT2D eigenvalue weighted by atomic mass is 9.91. The zero-order valence-electron chi connectivity index (χ0n) is 15.6. The molecule has 1 N–H and O–H groups in total. The molecule has 0 aromatic carbocycles. The van der Waals surface area contributed by atoms with Gasteiger partial charge in [-0.1, -0.05) is 13.8 Å². The van der Waals surface area contributed by atoms with E-state index in [9.17, 15) is 4.79 Å². The van der Waals surface area contributed by atoms with E-state index in [1.165, 1.54) is 0 Å². The van der Waals surface area contributed by atoms with E-state index in [1.807, 2.05) is 46.4 Å². The topological polar surface area (TPSA) is 56.8 Å². The van der Waals surface area contributed by atoms with Gasteiger partial charge in [0.2, 0.25) is 0 Å². The molecule has 23 heavy (non-hydrogen) atoms. The largest absolute Gasteiger partial charge is 0.444 e. The molecule has 0 bridgehead atoms. The Morgan fingerprint density at radius 1 is 1.17 bits per heavy atom. The summed E-state index contributed by atoms with van der Waals surface area (Å²) in [5, 5.41) is 3.00. The molecule has 134 valence electrons. The number of alkyl carbamates (subject to hydrolysis) is 1. The van der Waals surface area contributed by atoms with E-state index in [0.29, 0.717) is 5.92 Å². The van der Waals surface area contributed by atoms with Crippen molar-refractivity contribution in [3.8, 4) is 0 Å². The summed E-state index contributed by atoms with van der Waals surface area (Å²) in [5.41, 5.74) is -0.508. The van der Waals surface area contributed by atoms with Crippen LogP contribution in [0.4, 0.5) is 4.79 Å². The second-order valence-corrected chi connectivity index (χ2v) is 9.93. The lowest BCUT2D eigenvalue weighted by molar-refractivity contribution is -0.159. The van der Waals surface area contributed by atoms with E-state index in [1.54, 1.807) is 0 Å². The van der Waals surface area contributed by atoms with Gasteiger partial charge in [0.25, 0.3) is 0 Å². The molecule has 1 aliphatic carbocycles. The predicted molar refractivity (Wildman–Crippen MR) is 92.7 cm³/mol. The maximum Gasteiger partial charge on any atom is 0.407 e. The first-order chi connectivity index (χ1) is 10.3. The second-order valence-electron chi connectivity index (χ2n) is 8.47. The van der Waals surface area contributed by atoms with Gasteiger partial charge in [-0.3, -0.25) is 0 Å². The van der Waals surface area contributed by atoms with Crippen molar-refractivity contribution >= 4 is 17.9 Å². The fraction of sp³-hybridized carbons (Fsp3) is 0.941. The van der Waals surface area contributed by atoms with E-state index in [4.69, 9.17) is 14.2 Å². The van der Waals surface area contributed by atoms with Crippen molar-refractivity contribution in [1.29, 1.82) is 0 Å². The molecule has 1 amide bonds. The van der Waals surface area contributed by atoms with Crippen molar-refractivity contribution in [2.45, 2.75) is 89.3 Å². The number of fused-ring (bicyclic) bond motifs is 1. The smallest absolute Gasteiger partial charge is 0.407 e. The van der Waals surface area contributed by atoms with Crippen molar-refractivity contribution in [1.82, 2.24) is 5.32 Å². The maximum atomic E-state index is 12.2. The van der Waals surface area contributed by atoms with Crippen molar-refractivity contribution in [2.24, 2.45) is 5.92 Å². The predicted octanol–water partition coefficient (Wildman–Crippen LogP) is 3.56. The Labute approximate surface area is 144 Å². The number of amides is 1. The molecule has 1 heterocycles. The number of nitrogens with one attached hydrogen (secondary N) is 1. The van der Waals surface area contributed by atoms with Gasteiger partial charge in [0.05, 0.1) is 12.1 Å². The highest BCUT2D eigenvalue weighted by Gasteiger charge is 2.57. The van der Waals surface area contributed by atoms with Crippen LogP contribution in [0.1, 0.15) is 54.9 Å². The monoisotopic (exact) mass is 345 g/mol. The van der Waals surface area contributed by atoms with Crippen molar-refractivity contribution < 1.29 is 19.0 Å². The zero-order chi connectivity index (χ0) is 17.6. The highest BCUT2D eigenvalue weighted by atomic mass is 32.2. The molecule has 2 fully saturated rings. The summed E-state index contributed by atoms with van der Waals surface area (Å²) in [7, 11) is 0. The van der Waals surface area contributed by atoms with Crippen molar-refractivity contribution in [3.05, 3.63) is 0 Å². The fourth-order valence-corrected chi connectivity index (χ4v) is 3.95. The van der Waals surface area contributed by atoms with Gasteiger partial charge in [-0.25, -0.2) is 4.79 Å². The molecule has 0 aromatic rings. The van der Waals surface area contributed by atoms with Crippen molar-refractivity contribution in [3.63, 3.8) is 0 Å². The molecule has 1 saturated carbocycles. The van der Waals surface area contributed by atoms with Gasteiger partial charge in [0.15, 0.2) is 5.79 Å². The van der Waals surface area contributed by atoms with Gasteiger partial charge in [0, 0.05) is 10.7 Å². The van der Waals surface area contributed by atoms with Gasteiger partial charge in [0.1, 0.15) is 11.7 Å². The van der Waals surface area contributed by atoms with Crippen LogP contribution >= 0.6 is 11.8 Å². The molecule has 1 aliphatic heterocycles. The standard InChI is InChI=1S/C17H31NO4S/c1-15(2,3)22-14(19)18-11-9-10(16(4,5)23-8)12-13(11)21-17(6,7)20-12/h10-13H,9H2,1-8H3,(H,18,19). The zero-order valence-corrected chi connectivity index (χ0v) is 16.4. The molecule has 0 aromatic heterocycles. The Bertz CT molecular complexity index is 458. The quantitative estimate of drug-likeness (QED) is 0.847. The van der Waals surface area contributed by atoms with Crippen LogP contribution in [0.5, 0.6) is 0 Å². The van der Waals surface area contributed by atoms with Gasteiger partial charge < -0.3 is 19.5 Å². The van der Waals surface area contributed by atoms with Gasteiger partial charge in [-0.2, -0.15) is 11.8 Å². The van der Waals surface area contributed by atoms with E-state index in [2.05, 4.69) is 25.4 Å². The summed E-state index contributed by atoms with van der Waals surface area (Å²) in [6.07, 6.45) is 2.42. The molecule has 0 radical (unpaired) electrons. The molecule has 6 heteroatoms. The number of carbonyl (C=O) groups excluding carboxylic acids is 1. The number of hydrogen-bond donors (Lipinski definition) is 1. The third-order valence-corrected chi connectivity index (χ3v) is 5.94. The fourth-order valence-electron chi connectivity index (χ4n) is 3.41. The Morgan fingerprint density at radius 2 is 1.74 bits per heavy atom. The third kappa shape index (κ3) is 4.34. The minimum atomic E-state index is -0.615. The third-order valence-electron chi connectivity index (χ3n) is 4.59. The van der Waals surface area contributed by atoms with Crippen LogP contribution in [0.25, 0.3) is 0 Å². The summed E-state index contributed by atoms with van der Waals surface area (Å²) in [4.78, 5) is 12.2. The van der Waals surface area contributed by atoms with Crippen LogP contribution in [-0.4, -0.2) is 46.7 Å². The number of rotatable bonds is 3. The first-order valence-electron chi connectivity index (χ1n) is 8.25. The lowest BCUT2D eigenvalue weighted by Gasteiger charge is -2.34. The minimum absolute atomic E-state index is 0.00705. The van der Waals surface area contributed by atoms with Gasteiger partial charge >= 0.3 is 6.09 Å². The van der Waals surface area contributed by atoms with Gasteiger partial charge in [-0.05, 0) is 47.3 Å². The summed E-state index contributed by atoms with van der Waals surface area (Å²) >= 11 is 1.82. The highest BCUT2D eigenvalue weighted by Crippen LogP contribution is 2.49. The highest BCUT2D eigenvalue weighted by molar-refractivity contribution is 7.99. The molecule has 2 rings (SSSR count). The Kier molecular flexibility index (Phi) is 5.02. The second kappa shape index (κ2) is 6.12. The van der Waals surface area contributed by atoms with Crippen LogP contribution in [0, 0.1) is 5.92 Å². The summed E-state index contributed by atoms with van der Waals surface area (Å²) in [6, 6.07) is -0.0898. The lowest BCUT2D eigenvalue weighted by Crippen LogP contribution is -2.45. The van der Waals surface area contributed by atoms with Crippen LogP contribution in [0.3, 0.4) is 0 Å². The van der Waals surface area contributed by atoms with Crippen LogP contribution in [-0.2, 0) is 14.2 Å². The molecular formula is C17H31NO4S. The van der Waals surface area contributed by atoms with E-state index >= 15 is 0 Å². The number of hydrogen-bond acceptors (Lipinski definition) is 5. The normalized spacial score (nSPS) is 33.4. The molecule has 2 aliphatic rings. The van der Waals surface area contributed by atoms with Gasteiger partial charge in [-0.15, -0.1) is 0 Å². The summed E-state index contributed by atoms with van der Waals surface area (Å²) in [6.45, 7) is 13.9.